The van der Waals surface area contributed by atoms with Crippen molar-refractivity contribution in [3.8, 4) is 0 Å². The summed E-state index contributed by atoms with van der Waals surface area (Å²) in [7, 11) is 0. The standard InChI is InChI=1S/C30H56/c1-20(2)26-15-13-22(5)17-28(26)30(24(7)19-25-11-9-8-10-12-25)29-18-23(6)14-16-27(29)21(3)4/h20-30H,8-19H2,1-7H3. The highest BCUT2D eigenvalue weighted by Crippen LogP contribution is 2.53. The summed E-state index contributed by atoms with van der Waals surface area (Å²) in [5.41, 5.74) is 0. The summed E-state index contributed by atoms with van der Waals surface area (Å²) >= 11 is 0. The minimum atomic E-state index is 0.866. The summed E-state index contributed by atoms with van der Waals surface area (Å²) in [4.78, 5) is 0. The fraction of sp³-hybridized carbons (Fsp3) is 1.00. The lowest BCUT2D eigenvalue weighted by Crippen LogP contribution is -2.44. The molecule has 7 atom stereocenters. The molecule has 3 aliphatic carbocycles. The first kappa shape index (κ1) is 24.6. The number of hydrogen-bond donors (Lipinski definition) is 0. The van der Waals surface area contributed by atoms with Gasteiger partial charge in [-0.3, -0.25) is 0 Å². The smallest absolute Gasteiger partial charge is 0.0326 e. The highest BCUT2D eigenvalue weighted by Gasteiger charge is 2.45. The Balaban J connectivity index is 1.89. The topological polar surface area (TPSA) is 0 Å². The first-order valence-electron chi connectivity index (χ1n) is 14.3. The highest BCUT2D eigenvalue weighted by atomic mass is 14.5. The van der Waals surface area contributed by atoms with E-state index in [4.69, 9.17) is 0 Å². The zero-order chi connectivity index (χ0) is 21.8. The molecule has 3 rings (SSSR count). The van der Waals surface area contributed by atoms with Gasteiger partial charge in [0.25, 0.3) is 0 Å². The SMILES string of the molecule is CC1CCC(C(C)C)C(C(C(C)CC2CCCCC2)C2CC(C)CCC2C(C)C)C1. The Morgan fingerprint density at radius 2 is 1.03 bits per heavy atom. The van der Waals surface area contributed by atoms with Crippen LogP contribution in [-0.4, -0.2) is 0 Å². The number of rotatable bonds is 7. The molecule has 176 valence electrons. The summed E-state index contributed by atoms with van der Waals surface area (Å²) in [5, 5.41) is 0. The van der Waals surface area contributed by atoms with E-state index in [0.29, 0.717) is 0 Å². The molecule has 0 N–H and O–H groups in total. The van der Waals surface area contributed by atoms with E-state index in [0.717, 1.165) is 65.1 Å². The lowest BCUT2D eigenvalue weighted by Gasteiger charge is -2.52. The summed E-state index contributed by atoms with van der Waals surface area (Å²) in [6.45, 7) is 18.0. The average Bonchev–Trinajstić information content (AvgIpc) is 2.68. The quantitative estimate of drug-likeness (QED) is 0.387. The average molecular weight is 417 g/mol. The van der Waals surface area contributed by atoms with E-state index >= 15 is 0 Å². The van der Waals surface area contributed by atoms with Crippen LogP contribution in [0.15, 0.2) is 0 Å². The first-order chi connectivity index (χ1) is 14.3. The van der Waals surface area contributed by atoms with Crippen LogP contribution in [0.4, 0.5) is 0 Å². The van der Waals surface area contributed by atoms with E-state index in [9.17, 15) is 0 Å². The minimum absolute atomic E-state index is 0.866. The molecule has 0 spiro atoms. The lowest BCUT2D eigenvalue weighted by molar-refractivity contribution is -0.0256. The molecule has 0 heteroatoms. The molecule has 7 unspecified atom stereocenters. The van der Waals surface area contributed by atoms with Gasteiger partial charge in [0.1, 0.15) is 0 Å². The van der Waals surface area contributed by atoms with Crippen LogP contribution in [0.1, 0.15) is 126 Å². The van der Waals surface area contributed by atoms with Crippen LogP contribution in [0, 0.1) is 65.1 Å². The van der Waals surface area contributed by atoms with E-state index in [-0.39, 0.29) is 0 Å². The van der Waals surface area contributed by atoms with Crippen molar-refractivity contribution in [2.75, 3.05) is 0 Å². The Bertz CT molecular complexity index is 452. The summed E-state index contributed by atoms with van der Waals surface area (Å²) < 4.78 is 0. The zero-order valence-electron chi connectivity index (χ0n) is 21.8. The van der Waals surface area contributed by atoms with Gasteiger partial charge < -0.3 is 0 Å². The lowest BCUT2D eigenvalue weighted by atomic mass is 9.54. The maximum atomic E-state index is 2.71. The zero-order valence-corrected chi connectivity index (χ0v) is 21.8. The second kappa shape index (κ2) is 11.2. The van der Waals surface area contributed by atoms with Gasteiger partial charge in [0.05, 0.1) is 0 Å². The molecule has 3 aliphatic rings. The van der Waals surface area contributed by atoms with Crippen molar-refractivity contribution in [2.24, 2.45) is 65.1 Å². The van der Waals surface area contributed by atoms with Crippen molar-refractivity contribution in [1.82, 2.24) is 0 Å². The van der Waals surface area contributed by atoms with Gasteiger partial charge in [-0.05, 0) is 97.2 Å². The molecule has 3 saturated carbocycles. The third-order valence-corrected chi connectivity index (χ3v) is 10.2. The maximum Gasteiger partial charge on any atom is -0.0326 e. The molecule has 0 heterocycles. The minimum Gasteiger partial charge on any atom is -0.0625 e. The largest absolute Gasteiger partial charge is 0.0625 e. The molecule has 0 radical (unpaired) electrons. The van der Waals surface area contributed by atoms with Crippen molar-refractivity contribution in [3.63, 3.8) is 0 Å². The number of hydrogen-bond acceptors (Lipinski definition) is 0. The van der Waals surface area contributed by atoms with Crippen LogP contribution in [0.5, 0.6) is 0 Å². The van der Waals surface area contributed by atoms with Gasteiger partial charge in [0.2, 0.25) is 0 Å². The van der Waals surface area contributed by atoms with E-state index in [1.807, 2.05) is 0 Å². The van der Waals surface area contributed by atoms with Crippen LogP contribution >= 0.6 is 0 Å². The monoisotopic (exact) mass is 416 g/mol. The van der Waals surface area contributed by atoms with Crippen molar-refractivity contribution in [1.29, 1.82) is 0 Å². The molecule has 3 fully saturated rings. The second-order valence-corrected chi connectivity index (χ2v) is 13.3. The molecule has 0 amide bonds. The molecular weight excluding hydrogens is 360 g/mol. The first-order valence-corrected chi connectivity index (χ1v) is 14.3. The van der Waals surface area contributed by atoms with Crippen molar-refractivity contribution in [2.45, 2.75) is 126 Å². The van der Waals surface area contributed by atoms with Crippen molar-refractivity contribution in [3.05, 3.63) is 0 Å². The molecule has 0 aromatic heterocycles. The van der Waals surface area contributed by atoms with Crippen molar-refractivity contribution < 1.29 is 0 Å². The van der Waals surface area contributed by atoms with Crippen LogP contribution in [-0.2, 0) is 0 Å². The highest BCUT2D eigenvalue weighted by molar-refractivity contribution is 4.95. The van der Waals surface area contributed by atoms with E-state index in [2.05, 4.69) is 48.5 Å². The summed E-state index contributed by atoms with van der Waals surface area (Å²) in [6.07, 6.45) is 18.1. The fourth-order valence-corrected chi connectivity index (χ4v) is 8.70. The molecule has 0 aliphatic heterocycles. The summed E-state index contributed by atoms with van der Waals surface area (Å²) in [5.74, 6) is 10.5. The third kappa shape index (κ3) is 6.07. The van der Waals surface area contributed by atoms with Gasteiger partial charge in [0, 0.05) is 0 Å². The molecule has 30 heavy (non-hydrogen) atoms. The Hall–Kier alpha value is 0. The molecule has 0 aromatic carbocycles. The Morgan fingerprint density at radius 1 is 0.567 bits per heavy atom. The fourth-order valence-electron chi connectivity index (χ4n) is 8.70. The molecule has 0 saturated heterocycles. The van der Waals surface area contributed by atoms with Crippen LogP contribution in [0.3, 0.4) is 0 Å². The molecule has 0 bridgehead atoms. The molecule has 0 nitrogen and oxygen atoms in total. The Labute approximate surface area is 190 Å². The van der Waals surface area contributed by atoms with Crippen molar-refractivity contribution >= 4 is 0 Å². The van der Waals surface area contributed by atoms with Crippen LogP contribution < -0.4 is 0 Å². The molecular formula is C30H56. The predicted octanol–water partition coefficient (Wildman–Crippen LogP) is 9.63. The Kier molecular flexibility index (Phi) is 9.22. The van der Waals surface area contributed by atoms with Gasteiger partial charge in [0.15, 0.2) is 0 Å². The third-order valence-electron chi connectivity index (χ3n) is 10.2. The second-order valence-electron chi connectivity index (χ2n) is 13.3. The van der Waals surface area contributed by atoms with Gasteiger partial charge in [-0.1, -0.05) is 93.4 Å². The van der Waals surface area contributed by atoms with Gasteiger partial charge in [-0.25, -0.2) is 0 Å². The van der Waals surface area contributed by atoms with Crippen LogP contribution in [0.2, 0.25) is 0 Å². The maximum absolute atomic E-state index is 2.71. The van der Waals surface area contributed by atoms with E-state index in [1.54, 1.807) is 0 Å². The van der Waals surface area contributed by atoms with Gasteiger partial charge >= 0.3 is 0 Å². The predicted molar refractivity (Wildman–Crippen MR) is 134 cm³/mol. The normalized spacial score (nSPS) is 38.7. The van der Waals surface area contributed by atoms with E-state index < -0.39 is 0 Å². The van der Waals surface area contributed by atoms with E-state index in [1.165, 1.54) is 77.0 Å². The molecule has 0 aromatic rings. The van der Waals surface area contributed by atoms with Gasteiger partial charge in [-0.15, -0.1) is 0 Å². The Morgan fingerprint density at radius 3 is 1.47 bits per heavy atom. The summed E-state index contributed by atoms with van der Waals surface area (Å²) in [6, 6.07) is 0. The van der Waals surface area contributed by atoms with Gasteiger partial charge in [-0.2, -0.15) is 0 Å². The van der Waals surface area contributed by atoms with Crippen LogP contribution in [0.25, 0.3) is 0 Å².